The molecule has 0 unspecified atom stereocenters. The van der Waals surface area contributed by atoms with Crippen LogP contribution in [0.2, 0.25) is 0 Å². The summed E-state index contributed by atoms with van der Waals surface area (Å²) in [5, 5.41) is 14.1. The van der Waals surface area contributed by atoms with Crippen LogP contribution in [-0.4, -0.2) is 56.0 Å². The van der Waals surface area contributed by atoms with Crippen LogP contribution >= 0.6 is 0 Å². The molecule has 33 heavy (non-hydrogen) atoms. The van der Waals surface area contributed by atoms with Crippen molar-refractivity contribution >= 4 is 33.0 Å². The summed E-state index contributed by atoms with van der Waals surface area (Å²) in [6, 6.07) is 16.4. The Labute approximate surface area is 190 Å². The predicted molar refractivity (Wildman–Crippen MR) is 124 cm³/mol. The van der Waals surface area contributed by atoms with Crippen molar-refractivity contribution < 1.29 is 22.6 Å². The highest BCUT2D eigenvalue weighted by Crippen LogP contribution is 2.32. The zero-order valence-electron chi connectivity index (χ0n) is 17.8. The number of furan rings is 1. The molecule has 4 rings (SSSR count). The van der Waals surface area contributed by atoms with Gasteiger partial charge in [0.15, 0.2) is 5.76 Å². The van der Waals surface area contributed by atoms with Crippen molar-refractivity contribution in [2.45, 2.75) is 0 Å². The second kappa shape index (κ2) is 9.04. The van der Waals surface area contributed by atoms with E-state index in [4.69, 9.17) is 4.42 Å². The molecule has 0 aliphatic carbocycles. The molecule has 2 aromatic carbocycles. The summed E-state index contributed by atoms with van der Waals surface area (Å²) in [6.45, 7) is 1.70. The van der Waals surface area contributed by atoms with E-state index in [0.29, 0.717) is 31.9 Å². The van der Waals surface area contributed by atoms with E-state index in [1.54, 1.807) is 30.3 Å². The van der Waals surface area contributed by atoms with Crippen LogP contribution in [0.15, 0.2) is 65.1 Å². The summed E-state index contributed by atoms with van der Waals surface area (Å²) in [6.07, 6.45) is 1.19. The van der Waals surface area contributed by atoms with Gasteiger partial charge in [-0.25, -0.2) is 8.42 Å². The molecule has 1 aliphatic heterocycles. The number of sulfonamides is 1. The molecule has 172 valence electrons. The van der Waals surface area contributed by atoms with E-state index in [1.807, 2.05) is 17.0 Å². The number of nitro groups is 1. The maximum atomic E-state index is 12.9. The van der Waals surface area contributed by atoms with Crippen LogP contribution in [0.3, 0.4) is 0 Å². The maximum absolute atomic E-state index is 12.9. The van der Waals surface area contributed by atoms with Crippen molar-refractivity contribution in [2.75, 3.05) is 42.7 Å². The Balaban J connectivity index is 1.52. The molecule has 1 saturated heterocycles. The number of rotatable bonds is 6. The molecule has 1 aliphatic rings. The number of piperazine rings is 1. The molecule has 0 spiro atoms. The molecule has 3 aromatic rings. The third-order valence-electron chi connectivity index (χ3n) is 5.40. The summed E-state index contributed by atoms with van der Waals surface area (Å²) in [5.74, 6) is -0.264. The molecular weight excluding hydrogens is 448 g/mol. The molecule has 1 aromatic heterocycles. The topological polar surface area (TPSA) is 126 Å². The van der Waals surface area contributed by atoms with Crippen molar-refractivity contribution in [3.8, 4) is 11.3 Å². The molecule has 0 saturated carbocycles. The molecule has 0 bridgehead atoms. The molecule has 1 fully saturated rings. The summed E-state index contributed by atoms with van der Waals surface area (Å²) >= 11 is 0. The van der Waals surface area contributed by atoms with Crippen LogP contribution < -0.4 is 10.2 Å². The third-order valence-corrected chi connectivity index (χ3v) is 6.70. The summed E-state index contributed by atoms with van der Waals surface area (Å²) in [7, 11) is -3.24. The van der Waals surface area contributed by atoms with Crippen LogP contribution in [0.5, 0.6) is 0 Å². The van der Waals surface area contributed by atoms with Gasteiger partial charge in [-0.3, -0.25) is 14.9 Å². The molecule has 10 nitrogen and oxygen atoms in total. The van der Waals surface area contributed by atoms with Gasteiger partial charge in [0.25, 0.3) is 11.6 Å². The highest BCUT2D eigenvalue weighted by molar-refractivity contribution is 7.88. The standard InChI is InChI=1S/C22H22N4O6S/c1-33(30,31)25-14-12-24(13-15-25)19-9-5-3-7-17(19)23-22(27)21-11-10-20(32-21)16-6-2-4-8-18(16)26(28)29/h2-11H,12-15H2,1H3,(H,23,27). The third kappa shape index (κ3) is 4.89. The molecule has 2 heterocycles. The second-order valence-corrected chi connectivity index (χ2v) is 9.54. The van der Waals surface area contributed by atoms with Gasteiger partial charge in [-0.05, 0) is 30.3 Å². The minimum atomic E-state index is -3.24. The maximum Gasteiger partial charge on any atom is 0.291 e. The Morgan fingerprint density at radius 2 is 1.67 bits per heavy atom. The largest absolute Gasteiger partial charge is 0.451 e. The Morgan fingerprint density at radius 1 is 1.00 bits per heavy atom. The number of nitrogens with zero attached hydrogens (tertiary/aromatic N) is 3. The predicted octanol–water partition coefficient (Wildman–Crippen LogP) is 3.19. The first kappa shape index (κ1) is 22.5. The van der Waals surface area contributed by atoms with E-state index in [2.05, 4.69) is 5.32 Å². The fourth-order valence-electron chi connectivity index (χ4n) is 3.75. The van der Waals surface area contributed by atoms with Crippen molar-refractivity contribution in [2.24, 2.45) is 0 Å². The Hall–Kier alpha value is -3.70. The Bertz CT molecular complexity index is 1300. The van der Waals surface area contributed by atoms with E-state index in [0.717, 1.165) is 5.69 Å². The van der Waals surface area contributed by atoms with Crippen molar-refractivity contribution in [3.05, 3.63) is 76.5 Å². The number of benzene rings is 2. The molecule has 1 N–H and O–H groups in total. The molecule has 11 heteroatoms. The SMILES string of the molecule is CS(=O)(=O)N1CCN(c2ccccc2NC(=O)c2ccc(-c3ccccc3[N+](=O)[O-])o2)CC1. The lowest BCUT2D eigenvalue weighted by atomic mass is 10.1. The van der Waals surface area contributed by atoms with Gasteiger partial charge in [-0.15, -0.1) is 0 Å². The minimum Gasteiger partial charge on any atom is -0.451 e. The number of amides is 1. The number of hydrogen-bond donors (Lipinski definition) is 1. The van der Waals surface area contributed by atoms with E-state index < -0.39 is 20.9 Å². The monoisotopic (exact) mass is 470 g/mol. The number of anilines is 2. The van der Waals surface area contributed by atoms with Gasteiger partial charge in [0.05, 0.1) is 28.1 Å². The first-order chi connectivity index (χ1) is 15.7. The normalized spacial score (nSPS) is 14.8. The van der Waals surface area contributed by atoms with Crippen molar-refractivity contribution in [1.82, 2.24) is 4.31 Å². The number of carbonyl (C=O) groups is 1. The lowest BCUT2D eigenvalue weighted by Gasteiger charge is -2.35. The number of carbonyl (C=O) groups excluding carboxylic acids is 1. The smallest absolute Gasteiger partial charge is 0.291 e. The summed E-state index contributed by atoms with van der Waals surface area (Å²) < 4.78 is 30.6. The summed E-state index contributed by atoms with van der Waals surface area (Å²) in [4.78, 5) is 25.6. The van der Waals surface area contributed by atoms with Crippen LogP contribution in [0.25, 0.3) is 11.3 Å². The minimum absolute atomic E-state index is 0.0137. The number of para-hydroxylation sites is 3. The van der Waals surface area contributed by atoms with Gasteiger partial charge in [-0.2, -0.15) is 4.31 Å². The van der Waals surface area contributed by atoms with E-state index in [-0.39, 0.29) is 22.8 Å². The van der Waals surface area contributed by atoms with Crippen LogP contribution in [-0.2, 0) is 10.0 Å². The Kier molecular flexibility index (Phi) is 6.16. The van der Waals surface area contributed by atoms with Crippen LogP contribution in [0.1, 0.15) is 10.6 Å². The van der Waals surface area contributed by atoms with Crippen LogP contribution in [0.4, 0.5) is 17.1 Å². The van der Waals surface area contributed by atoms with Crippen molar-refractivity contribution in [1.29, 1.82) is 0 Å². The lowest BCUT2D eigenvalue weighted by molar-refractivity contribution is -0.384. The fraction of sp³-hybridized carbons (Fsp3) is 0.227. The van der Waals surface area contributed by atoms with E-state index in [1.165, 1.54) is 28.8 Å². The highest BCUT2D eigenvalue weighted by atomic mass is 32.2. The quantitative estimate of drug-likeness (QED) is 0.433. The summed E-state index contributed by atoms with van der Waals surface area (Å²) in [5.41, 5.74) is 1.49. The molecule has 0 atom stereocenters. The number of nitrogens with one attached hydrogen (secondary N) is 1. The zero-order valence-corrected chi connectivity index (χ0v) is 18.6. The van der Waals surface area contributed by atoms with Gasteiger partial charge >= 0.3 is 0 Å². The Morgan fingerprint density at radius 3 is 2.36 bits per heavy atom. The van der Waals surface area contributed by atoms with Gasteiger partial charge in [0, 0.05) is 32.2 Å². The average molecular weight is 471 g/mol. The first-order valence-electron chi connectivity index (χ1n) is 10.2. The number of hydrogen-bond acceptors (Lipinski definition) is 7. The van der Waals surface area contributed by atoms with Gasteiger partial charge in [-0.1, -0.05) is 24.3 Å². The molecular formula is C22H22N4O6S. The first-order valence-corrected chi connectivity index (χ1v) is 12.0. The lowest BCUT2D eigenvalue weighted by Crippen LogP contribution is -2.48. The van der Waals surface area contributed by atoms with E-state index >= 15 is 0 Å². The van der Waals surface area contributed by atoms with Gasteiger partial charge in [0.1, 0.15) is 5.76 Å². The zero-order chi connectivity index (χ0) is 23.6. The molecule has 1 amide bonds. The van der Waals surface area contributed by atoms with Crippen LogP contribution in [0, 0.1) is 10.1 Å². The highest BCUT2D eigenvalue weighted by Gasteiger charge is 2.25. The molecule has 0 radical (unpaired) electrons. The van der Waals surface area contributed by atoms with Crippen molar-refractivity contribution in [3.63, 3.8) is 0 Å². The second-order valence-electron chi connectivity index (χ2n) is 7.56. The van der Waals surface area contributed by atoms with Gasteiger partial charge < -0.3 is 14.6 Å². The van der Waals surface area contributed by atoms with E-state index in [9.17, 15) is 23.3 Å². The van der Waals surface area contributed by atoms with Gasteiger partial charge in [0.2, 0.25) is 10.0 Å². The average Bonchev–Trinajstić information content (AvgIpc) is 3.29. The number of nitro benzene ring substituents is 1. The fourth-order valence-corrected chi connectivity index (χ4v) is 4.57.